The lowest BCUT2D eigenvalue weighted by Crippen LogP contribution is -2.14. The second-order valence-electron chi connectivity index (χ2n) is 8.42. The van der Waals surface area contributed by atoms with Crippen molar-refractivity contribution in [2.75, 3.05) is 5.32 Å². The number of aryl methyl sites for hydroxylation is 1. The third-order valence-electron chi connectivity index (χ3n) is 6.01. The number of halogens is 4. The van der Waals surface area contributed by atoms with E-state index in [2.05, 4.69) is 20.5 Å². The summed E-state index contributed by atoms with van der Waals surface area (Å²) in [6.45, 7) is 3.58. The first-order chi connectivity index (χ1) is 17.7. The van der Waals surface area contributed by atoms with Gasteiger partial charge in [-0.15, -0.1) is 0 Å². The number of benzene rings is 2. The number of hydrogen-bond donors (Lipinski definition) is 1. The molecule has 0 aliphatic rings. The molecule has 3 heterocycles. The first-order valence-electron chi connectivity index (χ1n) is 11.2. The van der Waals surface area contributed by atoms with E-state index in [0.717, 1.165) is 16.8 Å². The molecule has 0 radical (unpaired) electrons. The maximum atomic E-state index is 14.1. The van der Waals surface area contributed by atoms with Crippen molar-refractivity contribution in [3.8, 4) is 11.3 Å². The molecule has 5 aromatic rings. The van der Waals surface area contributed by atoms with Gasteiger partial charge in [0.1, 0.15) is 22.9 Å². The summed E-state index contributed by atoms with van der Waals surface area (Å²) >= 11 is 0. The Morgan fingerprint density at radius 2 is 1.78 bits per heavy atom. The van der Waals surface area contributed by atoms with Crippen LogP contribution in [0.5, 0.6) is 0 Å². The van der Waals surface area contributed by atoms with Crippen molar-refractivity contribution in [2.24, 2.45) is 0 Å². The highest BCUT2D eigenvalue weighted by Crippen LogP contribution is 2.28. The van der Waals surface area contributed by atoms with E-state index >= 15 is 0 Å². The highest BCUT2D eigenvalue weighted by molar-refractivity contribution is 6.08. The van der Waals surface area contributed by atoms with Crippen molar-refractivity contribution in [3.63, 3.8) is 0 Å². The van der Waals surface area contributed by atoms with E-state index in [9.17, 15) is 22.4 Å². The van der Waals surface area contributed by atoms with Crippen LogP contribution in [-0.4, -0.2) is 30.3 Å². The molecule has 11 heteroatoms. The Morgan fingerprint density at radius 1 is 1.05 bits per heavy atom. The molecule has 3 aromatic heterocycles. The molecule has 5 rings (SSSR count). The van der Waals surface area contributed by atoms with E-state index in [0.29, 0.717) is 28.2 Å². The normalized spacial score (nSPS) is 11.4. The number of hydrogen-bond acceptors (Lipinski definition) is 4. The van der Waals surface area contributed by atoms with E-state index in [-0.39, 0.29) is 29.3 Å². The smallest absolute Gasteiger partial charge is 0.280 e. The number of nitrogens with zero attached hydrogens (tertiary/aromatic N) is 5. The molecular weight excluding hydrogens is 488 g/mol. The zero-order chi connectivity index (χ0) is 26.3. The van der Waals surface area contributed by atoms with Crippen LogP contribution < -0.4 is 5.32 Å². The molecule has 0 aliphatic carbocycles. The van der Waals surface area contributed by atoms with Crippen molar-refractivity contribution in [2.45, 2.75) is 26.8 Å². The molecule has 2 aromatic carbocycles. The van der Waals surface area contributed by atoms with Gasteiger partial charge in [-0.25, -0.2) is 27.1 Å². The minimum Gasteiger partial charge on any atom is -0.319 e. The van der Waals surface area contributed by atoms with Gasteiger partial charge in [-0.05, 0) is 50.2 Å². The lowest BCUT2D eigenvalue weighted by Gasteiger charge is -2.09. The van der Waals surface area contributed by atoms with Crippen molar-refractivity contribution in [1.82, 2.24) is 24.4 Å². The molecule has 188 valence electrons. The summed E-state index contributed by atoms with van der Waals surface area (Å²) in [5.41, 5.74) is 1.88. The summed E-state index contributed by atoms with van der Waals surface area (Å²) < 4.78 is 57.7. The fourth-order valence-electron chi connectivity index (χ4n) is 4.07. The van der Waals surface area contributed by atoms with Crippen LogP contribution in [0, 0.1) is 25.5 Å². The van der Waals surface area contributed by atoms with Crippen LogP contribution in [-0.2, 0) is 6.54 Å². The lowest BCUT2D eigenvalue weighted by molar-refractivity contribution is 0.102. The quantitative estimate of drug-likeness (QED) is 0.298. The van der Waals surface area contributed by atoms with Gasteiger partial charge in [0.05, 0.1) is 35.5 Å². The summed E-state index contributed by atoms with van der Waals surface area (Å²) in [4.78, 5) is 17.6. The predicted octanol–water partition coefficient (Wildman–Crippen LogP) is 5.73. The Balaban J connectivity index is 1.51. The number of aromatic nitrogens is 5. The molecule has 0 bridgehead atoms. The van der Waals surface area contributed by atoms with Gasteiger partial charge >= 0.3 is 0 Å². The molecule has 0 spiro atoms. The molecule has 37 heavy (non-hydrogen) atoms. The molecule has 1 amide bonds. The molecule has 0 saturated heterocycles. The lowest BCUT2D eigenvalue weighted by atomic mass is 10.1. The summed E-state index contributed by atoms with van der Waals surface area (Å²) in [6.07, 6.45) is -1.74. The zero-order valence-corrected chi connectivity index (χ0v) is 19.7. The van der Waals surface area contributed by atoms with E-state index in [1.54, 1.807) is 36.7 Å². The van der Waals surface area contributed by atoms with Gasteiger partial charge in [0.2, 0.25) is 0 Å². The van der Waals surface area contributed by atoms with Gasteiger partial charge in [0, 0.05) is 11.1 Å². The number of rotatable bonds is 6. The summed E-state index contributed by atoms with van der Waals surface area (Å²) in [5, 5.41) is 11.1. The SMILES string of the molecule is Cc1nn(Cc2ccccc2F)c(C)c1NC(=O)c1cnn2c(C(F)F)cc(-c3ccc(F)cc3)nc12. The number of nitrogens with one attached hydrogen (secondary N) is 1. The van der Waals surface area contributed by atoms with Crippen LogP contribution in [0.4, 0.5) is 23.2 Å². The van der Waals surface area contributed by atoms with Crippen LogP contribution >= 0.6 is 0 Å². The third-order valence-corrected chi connectivity index (χ3v) is 6.01. The van der Waals surface area contributed by atoms with Crippen LogP contribution in [0.2, 0.25) is 0 Å². The van der Waals surface area contributed by atoms with E-state index in [1.807, 2.05) is 0 Å². The average molecular weight is 508 g/mol. The highest BCUT2D eigenvalue weighted by atomic mass is 19.3. The van der Waals surface area contributed by atoms with Gasteiger partial charge < -0.3 is 5.32 Å². The average Bonchev–Trinajstić information content (AvgIpc) is 3.41. The van der Waals surface area contributed by atoms with Gasteiger partial charge in [-0.3, -0.25) is 9.48 Å². The molecular formula is C26H20F4N6O. The molecule has 0 unspecified atom stereocenters. The number of amides is 1. The Bertz CT molecular complexity index is 1620. The molecule has 0 atom stereocenters. The number of carbonyl (C=O) groups is 1. The first kappa shape index (κ1) is 24.2. The zero-order valence-electron chi connectivity index (χ0n) is 19.7. The van der Waals surface area contributed by atoms with Crippen LogP contribution in [0.1, 0.15) is 39.4 Å². The fourth-order valence-corrected chi connectivity index (χ4v) is 4.07. The Kier molecular flexibility index (Phi) is 6.20. The maximum absolute atomic E-state index is 14.1. The van der Waals surface area contributed by atoms with Crippen molar-refractivity contribution in [1.29, 1.82) is 0 Å². The monoisotopic (exact) mass is 508 g/mol. The Hall–Kier alpha value is -4.54. The molecule has 0 fully saturated rings. The van der Waals surface area contributed by atoms with E-state index < -0.39 is 23.8 Å². The van der Waals surface area contributed by atoms with Crippen LogP contribution in [0.3, 0.4) is 0 Å². The van der Waals surface area contributed by atoms with Crippen LogP contribution in [0.15, 0.2) is 60.8 Å². The summed E-state index contributed by atoms with van der Waals surface area (Å²) in [6, 6.07) is 12.7. The Morgan fingerprint density at radius 3 is 2.49 bits per heavy atom. The van der Waals surface area contributed by atoms with Gasteiger partial charge in [0.15, 0.2) is 5.65 Å². The van der Waals surface area contributed by atoms with Crippen LogP contribution in [0.25, 0.3) is 16.9 Å². The highest BCUT2D eigenvalue weighted by Gasteiger charge is 2.23. The molecule has 7 nitrogen and oxygen atoms in total. The maximum Gasteiger partial charge on any atom is 0.280 e. The Labute approximate surface area is 208 Å². The van der Waals surface area contributed by atoms with Gasteiger partial charge in [-0.1, -0.05) is 18.2 Å². The molecule has 0 aliphatic heterocycles. The second-order valence-corrected chi connectivity index (χ2v) is 8.42. The fraction of sp³-hybridized carbons (Fsp3) is 0.154. The number of fused-ring (bicyclic) bond motifs is 1. The third kappa shape index (κ3) is 4.55. The van der Waals surface area contributed by atoms with Gasteiger partial charge in [-0.2, -0.15) is 10.2 Å². The van der Waals surface area contributed by atoms with Crippen molar-refractivity contribution < 1.29 is 22.4 Å². The standard InChI is InChI=1S/C26H20F4N6O/c1-14-23(15(2)35(34-14)13-17-5-3-4-6-20(17)28)33-26(37)19-12-31-36-22(24(29)30)11-21(32-25(19)36)16-7-9-18(27)10-8-16/h3-12,24H,13H2,1-2H3,(H,33,37). The predicted molar refractivity (Wildman–Crippen MR) is 128 cm³/mol. The molecule has 1 N–H and O–H groups in total. The number of anilines is 1. The van der Waals surface area contributed by atoms with E-state index in [1.165, 1.54) is 30.3 Å². The van der Waals surface area contributed by atoms with E-state index in [4.69, 9.17) is 0 Å². The first-order valence-corrected chi connectivity index (χ1v) is 11.2. The van der Waals surface area contributed by atoms with Crippen molar-refractivity contribution in [3.05, 3.63) is 101 Å². The number of alkyl halides is 2. The largest absolute Gasteiger partial charge is 0.319 e. The van der Waals surface area contributed by atoms with Crippen molar-refractivity contribution >= 4 is 17.2 Å². The number of carbonyl (C=O) groups excluding carboxylic acids is 1. The molecule has 0 saturated carbocycles. The second kappa shape index (κ2) is 9.49. The summed E-state index contributed by atoms with van der Waals surface area (Å²) in [5.74, 6) is -1.48. The minimum absolute atomic E-state index is 0.0356. The minimum atomic E-state index is -2.90. The summed E-state index contributed by atoms with van der Waals surface area (Å²) in [7, 11) is 0. The topological polar surface area (TPSA) is 77.1 Å². The van der Waals surface area contributed by atoms with Gasteiger partial charge in [0.25, 0.3) is 12.3 Å².